The Morgan fingerprint density at radius 3 is 1.75 bits per heavy atom. The van der Waals surface area contributed by atoms with Gasteiger partial charge in [-0.05, 0) is 18.1 Å². The predicted octanol–water partition coefficient (Wildman–Crippen LogP) is 5.20. The van der Waals surface area contributed by atoms with E-state index >= 15 is 0 Å². The van der Waals surface area contributed by atoms with Crippen LogP contribution in [0.2, 0.25) is 0 Å². The highest BCUT2D eigenvalue weighted by molar-refractivity contribution is 5.16. The minimum atomic E-state index is -2.42. The maximum atomic E-state index is 12.1. The molecule has 16 heavy (non-hydrogen) atoms. The SMILES string of the molecule is CC.CC.CC(C)c1ccc(C(F)F)cn1. The van der Waals surface area contributed by atoms with E-state index in [2.05, 4.69) is 4.98 Å². The Bertz CT molecular complexity index is 216. The molecule has 1 aromatic heterocycles. The van der Waals surface area contributed by atoms with Crippen molar-refractivity contribution in [2.45, 2.75) is 53.9 Å². The van der Waals surface area contributed by atoms with Crippen molar-refractivity contribution in [2.75, 3.05) is 0 Å². The third kappa shape index (κ3) is 6.49. The first kappa shape index (κ1) is 17.4. The summed E-state index contributed by atoms with van der Waals surface area (Å²) in [5.41, 5.74) is 0.832. The Labute approximate surface area is 97.9 Å². The van der Waals surface area contributed by atoms with Crippen LogP contribution in [0.4, 0.5) is 8.78 Å². The molecule has 0 fully saturated rings. The molecule has 94 valence electrons. The third-order valence-electron chi connectivity index (χ3n) is 1.65. The highest BCUT2D eigenvalue weighted by Crippen LogP contribution is 2.19. The van der Waals surface area contributed by atoms with Crippen LogP contribution in [0.25, 0.3) is 0 Å². The molecular formula is C13H23F2N. The van der Waals surface area contributed by atoms with Gasteiger partial charge in [-0.3, -0.25) is 4.98 Å². The third-order valence-corrected chi connectivity index (χ3v) is 1.65. The van der Waals surface area contributed by atoms with Crippen LogP contribution in [0.3, 0.4) is 0 Å². The summed E-state index contributed by atoms with van der Waals surface area (Å²) in [4.78, 5) is 3.92. The molecule has 0 radical (unpaired) electrons. The van der Waals surface area contributed by atoms with Gasteiger partial charge < -0.3 is 0 Å². The van der Waals surface area contributed by atoms with Crippen molar-refractivity contribution in [3.63, 3.8) is 0 Å². The fraction of sp³-hybridized carbons (Fsp3) is 0.615. The smallest absolute Gasteiger partial charge is 0.261 e. The number of hydrogen-bond acceptors (Lipinski definition) is 1. The molecule has 0 spiro atoms. The normalized spacial score (nSPS) is 9.12. The van der Waals surface area contributed by atoms with Crippen molar-refractivity contribution in [1.29, 1.82) is 0 Å². The largest absolute Gasteiger partial charge is 0.265 e. The van der Waals surface area contributed by atoms with E-state index in [1.165, 1.54) is 12.3 Å². The number of alkyl halides is 2. The summed E-state index contributed by atoms with van der Waals surface area (Å²) < 4.78 is 24.1. The van der Waals surface area contributed by atoms with Crippen LogP contribution < -0.4 is 0 Å². The van der Waals surface area contributed by atoms with Crippen LogP contribution in [-0.4, -0.2) is 4.98 Å². The molecule has 1 rings (SSSR count). The van der Waals surface area contributed by atoms with E-state index < -0.39 is 6.43 Å². The van der Waals surface area contributed by atoms with E-state index in [9.17, 15) is 8.78 Å². The minimum absolute atomic E-state index is 0.0144. The molecule has 0 aliphatic heterocycles. The van der Waals surface area contributed by atoms with Crippen molar-refractivity contribution in [1.82, 2.24) is 4.98 Å². The average molecular weight is 231 g/mol. The van der Waals surface area contributed by atoms with Crippen molar-refractivity contribution in [3.05, 3.63) is 29.6 Å². The topological polar surface area (TPSA) is 12.9 Å². The summed E-state index contributed by atoms with van der Waals surface area (Å²) in [5, 5.41) is 0. The van der Waals surface area contributed by atoms with Gasteiger partial charge in [-0.15, -0.1) is 0 Å². The fourth-order valence-electron chi connectivity index (χ4n) is 0.887. The van der Waals surface area contributed by atoms with Gasteiger partial charge in [-0.2, -0.15) is 0 Å². The zero-order valence-electron chi connectivity index (χ0n) is 11.1. The van der Waals surface area contributed by atoms with Crippen LogP contribution in [0.15, 0.2) is 18.3 Å². The molecule has 0 unspecified atom stereocenters. The maximum absolute atomic E-state index is 12.1. The van der Waals surface area contributed by atoms with E-state index in [4.69, 9.17) is 0 Å². The second-order valence-electron chi connectivity index (χ2n) is 2.97. The van der Waals surface area contributed by atoms with Crippen LogP contribution >= 0.6 is 0 Å². The quantitative estimate of drug-likeness (QED) is 0.682. The predicted molar refractivity (Wildman–Crippen MR) is 66.0 cm³/mol. The van der Waals surface area contributed by atoms with Crippen molar-refractivity contribution >= 4 is 0 Å². The molecule has 3 heteroatoms. The Morgan fingerprint density at radius 1 is 1.00 bits per heavy atom. The summed E-state index contributed by atoms with van der Waals surface area (Å²) in [6, 6.07) is 3.07. The summed E-state index contributed by atoms with van der Waals surface area (Å²) in [6.45, 7) is 12.0. The summed E-state index contributed by atoms with van der Waals surface area (Å²) in [5.74, 6) is 0.289. The molecule has 0 atom stereocenters. The molecule has 0 amide bonds. The minimum Gasteiger partial charge on any atom is -0.261 e. The molecule has 1 nitrogen and oxygen atoms in total. The molecule has 0 saturated heterocycles. The Morgan fingerprint density at radius 2 is 1.50 bits per heavy atom. The second-order valence-corrected chi connectivity index (χ2v) is 2.97. The molecule has 0 aliphatic carbocycles. The Hall–Kier alpha value is -0.990. The molecule has 1 aromatic rings. The summed E-state index contributed by atoms with van der Waals surface area (Å²) in [7, 11) is 0. The highest BCUT2D eigenvalue weighted by Gasteiger charge is 2.07. The summed E-state index contributed by atoms with van der Waals surface area (Å²) >= 11 is 0. The maximum Gasteiger partial charge on any atom is 0.265 e. The number of aromatic nitrogens is 1. The lowest BCUT2D eigenvalue weighted by Gasteiger charge is -2.04. The Kier molecular flexibility index (Phi) is 11.5. The molecule has 0 bridgehead atoms. The van der Waals surface area contributed by atoms with E-state index in [-0.39, 0.29) is 11.5 Å². The van der Waals surface area contributed by atoms with Gasteiger partial charge in [0.25, 0.3) is 6.43 Å². The van der Waals surface area contributed by atoms with E-state index in [0.717, 1.165) is 5.69 Å². The lowest BCUT2D eigenvalue weighted by Crippen LogP contribution is -1.93. The van der Waals surface area contributed by atoms with Gasteiger partial charge in [0.2, 0.25) is 0 Å². The molecule has 0 aliphatic rings. The molecule has 0 N–H and O–H groups in total. The zero-order valence-corrected chi connectivity index (χ0v) is 11.1. The first-order valence-corrected chi connectivity index (χ1v) is 5.85. The average Bonchev–Trinajstić information content (AvgIpc) is 2.34. The van der Waals surface area contributed by atoms with Crippen molar-refractivity contribution < 1.29 is 8.78 Å². The van der Waals surface area contributed by atoms with Crippen LogP contribution in [0.1, 0.15) is 65.1 Å². The lowest BCUT2D eigenvalue weighted by molar-refractivity contribution is 0.151. The monoisotopic (exact) mass is 231 g/mol. The summed E-state index contributed by atoms with van der Waals surface area (Å²) in [6.07, 6.45) is -1.18. The number of rotatable bonds is 2. The van der Waals surface area contributed by atoms with Gasteiger partial charge in [0.15, 0.2) is 0 Å². The van der Waals surface area contributed by atoms with E-state index in [1.54, 1.807) is 6.07 Å². The first-order valence-electron chi connectivity index (χ1n) is 5.85. The lowest BCUT2D eigenvalue weighted by atomic mass is 10.1. The van der Waals surface area contributed by atoms with Crippen LogP contribution in [0, 0.1) is 0 Å². The van der Waals surface area contributed by atoms with E-state index in [0.29, 0.717) is 0 Å². The van der Waals surface area contributed by atoms with E-state index in [1.807, 2.05) is 41.5 Å². The van der Waals surface area contributed by atoms with Gasteiger partial charge >= 0.3 is 0 Å². The van der Waals surface area contributed by atoms with Crippen molar-refractivity contribution in [3.8, 4) is 0 Å². The number of pyridine rings is 1. The van der Waals surface area contributed by atoms with Gasteiger partial charge in [0.1, 0.15) is 0 Å². The molecular weight excluding hydrogens is 208 g/mol. The van der Waals surface area contributed by atoms with Gasteiger partial charge in [0.05, 0.1) is 0 Å². The second kappa shape index (κ2) is 10.5. The standard InChI is InChI=1S/C9H11F2N.2C2H6/c1-6(2)8-4-3-7(5-12-8)9(10)11;2*1-2/h3-6,9H,1-2H3;2*1-2H3. The van der Waals surface area contributed by atoms with Crippen molar-refractivity contribution in [2.24, 2.45) is 0 Å². The molecule has 1 heterocycles. The van der Waals surface area contributed by atoms with Crippen LogP contribution in [0.5, 0.6) is 0 Å². The molecule has 0 saturated carbocycles. The number of hydrogen-bond donors (Lipinski definition) is 0. The Balaban J connectivity index is 0. The highest BCUT2D eigenvalue weighted by atomic mass is 19.3. The van der Waals surface area contributed by atoms with Gasteiger partial charge in [-0.25, -0.2) is 8.78 Å². The zero-order chi connectivity index (χ0) is 13.1. The number of halogens is 2. The number of nitrogens with zero attached hydrogens (tertiary/aromatic N) is 1. The fourth-order valence-corrected chi connectivity index (χ4v) is 0.887. The first-order chi connectivity index (χ1) is 7.61. The van der Waals surface area contributed by atoms with Gasteiger partial charge in [0, 0.05) is 17.5 Å². The van der Waals surface area contributed by atoms with Crippen LogP contribution in [-0.2, 0) is 0 Å². The molecule has 0 aromatic carbocycles. The van der Waals surface area contributed by atoms with Gasteiger partial charge in [-0.1, -0.05) is 41.5 Å².